The van der Waals surface area contributed by atoms with Crippen molar-refractivity contribution in [3.05, 3.63) is 65.2 Å². The van der Waals surface area contributed by atoms with Crippen LogP contribution in [0.25, 0.3) is 0 Å². The van der Waals surface area contributed by atoms with E-state index >= 15 is 0 Å². The zero-order chi connectivity index (χ0) is 17.5. The van der Waals surface area contributed by atoms with Crippen molar-refractivity contribution in [1.29, 1.82) is 0 Å². The first-order valence-electron chi connectivity index (χ1n) is 8.11. The van der Waals surface area contributed by atoms with E-state index < -0.39 is 0 Å². The molecule has 2 aromatic rings. The molecule has 1 N–H and O–H groups in total. The van der Waals surface area contributed by atoms with E-state index in [0.29, 0.717) is 13.1 Å². The maximum atomic E-state index is 12.1. The number of nitrogens with zero attached hydrogens (tertiary/aromatic N) is 1. The van der Waals surface area contributed by atoms with Gasteiger partial charge >= 0.3 is 0 Å². The largest absolute Gasteiger partial charge is 0.338 e. The van der Waals surface area contributed by atoms with Gasteiger partial charge in [-0.15, -0.1) is 0 Å². The van der Waals surface area contributed by atoms with E-state index in [1.165, 1.54) is 12.5 Å². The first kappa shape index (κ1) is 17.7. The molecule has 126 valence electrons. The summed E-state index contributed by atoms with van der Waals surface area (Å²) in [6, 6.07) is 15.7. The van der Waals surface area contributed by atoms with Gasteiger partial charge in [0.1, 0.15) is 0 Å². The number of nitrogens with one attached hydrogen (secondary N) is 1. The average molecular weight is 324 g/mol. The van der Waals surface area contributed by atoms with Crippen LogP contribution < -0.4 is 5.32 Å². The molecule has 0 aliphatic rings. The Hall–Kier alpha value is -2.62. The monoisotopic (exact) mass is 324 g/mol. The number of amides is 2. The number of benzene rings is 2. The van der Waals surface area contributed by atoms with Gasteiger partial charge in [0, 0.05) is 32.1 Å². The summed E-state index contributed by atoms with van der Waals surface area (Å²) in [6.07, 6.45) is 0.277. The van der Waals surface area contributed by atoms with E-state index in [-0.39, 0.29) is 18.2 Å². The third-order valence-corrected chi connectivity index (χ3v) is 3.88. The van der Waals surface area contributed by atoms with Gasteiger partial charge in [0.05, 0.1) is 0 Å². The Kier molecular flexibility index (Phi) is 6.13. The first-order chi connectivity index (χ1) is 11.4. The summed E-state index contributed by atoms with van der Waals surface area (Å²) >= 11 is 0. The van der Waals surface area contributed by atoms with Crippen LogP contribution in [0.1, 0.15) is 30.0 Å². The molecule has 2 amide bonds. The molecule has 24 heavy (non-hydrogen) atoms. The standard InChI is InChI=1S/C20H24N2O2/c1-15-4-8-18(9-5-15)14-22(17(3)23)13-12-20(24)21-19-10-6-16(2)7-11-19/h4-11H,12-14H2,1-3H3,(H,21,24). The number of aryl methyl sites for hydroxylation is 2. The zero-order valence-corrected chi connectivity index (χ0v) is 14.5. The van der Waals surface area contributed by atoms with Gasteiger partial charge in [0.15, 0.2) is 0 Å². The lowest BCUT2D eigenvalue weighted by Crippen LogP contribution is -2.31. The fourth-order valence-electron chi connectivity index (χ4n) is 2.36. The number of anilines is 1. The summed E-state index contributed by atoms with van der Waals surface area (Å²) in [4.78, 5) is 25.6. The van der Waals surface area contributed by atoms with Crippen LogP contribution in [0.2, 0.25) is 0 Å². The second-order valence-electron chi connectivity index (χ2n) is 6.09. The minimum atomic E-state index is -0.0889. The second kappa shape index (κ2) is 8.29. The summed E-state index contributed by atoms with van der Waals surface area (Å²) in [6.45, 7) is 6.49. The molecule has 0 fully saturated rings. The number of rotatable bonds is 6. The molecule has 0 saturated heterocycles. The number of hydrogen-bond donors (Lipinski definition) is 1. The third kappa shape index (κ3) is 5.54. The quantitative estimate of drug-likeness (QED) is 0.881. The van der Waals surface area contributed by atoms with Gasteiger partial charge in [0.2, 0.25) is 11.8 Å². The average Bonchev–Trinajstić information content (AvgIpc) is 2.55. The fourth-order valence-corrected chi connectivity index (χ4v) is 2.36. The van der Waals surface area contributed by atoms with Crippen LogP contribution in [0.3, 0.4) is 0 Å². The Morgan fingerprint density at radius 1 is 0.917 bits per heavy atom. The predicted molar refractivity (Wildman–Crippen MR) is 96.7 cm³/mol. The Morgan fingerprint density at radius 2 is 1.46 bits per heavy atom. The topological polar surface area (TPSA) is 49.4 Å². The second-order valence-corrected chi connectivity index (χ2v) is 6.09. The lowest BCUT2D eigenvalue weighted by atomic mass is 10.1. The predicted octanol–water partition coefficient (Wildman–Crippen LogP) is 3.68. The molecular weight excluding hydrogens is 300 g/mol. The first-order valence-corrected chi connectivity index (χ1v) is 8.11. The van der Waals surface area contributed by atoms with Crippen LogP contribution >= 0.6 is 0 Å². The SMILES string of the molecule is CC(=O)N(CCC(=O)Nc1ccc(C)cc1)Cc1ccc(C)cc1. The lowest BCUT2D eigenvalue weighted by molar-refractivity contribution is -0.129. The van der Waals surface area contributed by atoms with Crippen molar-refractivity contribution in [2.75, 3.05) is 11.9 Å². The van der Waals surface area contributed by atoms with Gasteiger partial charge in [-0.3, -0.25) is 9.59 Å². The van der Waals surface area contributed by atoms with Crippen molar-refractivity contribution in [2.45, 2.75) is 33.7 Å². The molecule has 0 saturated carbocycles. The van der Waals surface area contributed by atoms with Crippen molar-refractivity contribution in [2.24, 2.45) is 0 Å². The minimum Gasteiger partial charge on any atom is -0.338 e. The molecule has 0 aliphatic heterocycles. The summed E-state index contributed by atoms with van der Waals surface area (Å²) in [5, 5.41) is 2.86. The number of carbonyl (C=O) groups excluding carboxylic acids is 2. The van der Waals surface area contributed by atoms with Crippen LogP contribution in [-0.2, 0) is 16.1 Å². The van der Waals surface area contributed by atoms with E-state index in [2.05, 4.69) is 5.32 Å². The highest BCUT2D eigenvalue weighted by atomic mass is 16.2. The third-order valence-electron chi connectivity index (χ3n) is 3.88. The highest BCUT2D eigenvalue weighted by Gasteiger charge is 2.12. The smallest absolute Gasteiger partial charge is 0.226 e. The van der Waals surface area contributed by atoms with Crippen LogP contribution in [0.5, 0.6) is 0 Å². The van der Waals surface area contributed by atoms with Gasteiger partial charge in [-0.25, -0.2) is 0 Å². The molecule has 0 heterocycles. The lowest BCUT2D eigenvalue weighted by Gasteiger charge is -2.21. The molecule has 0 atom stereocenters. The van der Waals surface area contributed by atoms with Crippen molar-refractivity contribution in [1.82, 2.24) is 4.90 Å². The molecular formula is C20H24N2O2. The Bertz CT molecular complexity index is 691. The number of hydrogen-bond acceptors (Lipinski definition) is 2. The van der Waals surface area contributed by atoms with E-state index in [1.807, 2.05) is 62.4 Å². The zero-order valence-electron chi connectivity index (χ0n) is 14.5. The van der Waals surface area contributed by atoms with Crippen molar-refractivity contribution in [3.63, 3.8) is 0 Å². The van der Waals surface area contributed by atoms with E-state index in [4.69, 9.17) is 0 Å². The van der Waals surface area contributed by atoms with Gasteiger partial charge in [-0.2, -0.15) is 0 Å². The van der Waals surface area contributed by atoms with Gasteiger partial charge < -0.3 is 10.2 Å². The molecule has 0 radical (unpaired) electrons. The summed E-state index contributed by atoms with van der Waals surface area (Å²) in [5.74, 6) is -0.118. The van der Waals surface area contributed by atoms with Gasteiger partial charge in [-0.05, 0) is 31.5 Å². The van der Waals surface area contributed by atoms with Crippen LogP contribution in [0.4, 0.5) is 5.69 Å². The summed E-state index contributed by atoms with van der Waals surface area (Å²) in [5.41, 5.74) is 4.17. The Labute approximate surface area is 143 Å². The molecule has 0 aliphatic carbocycles. The van der Waals surface area contributed by atoms with Crippen LogP contribution in [0, 0.1) is 13.8 Å². The van der Waals surface area contributed by atoms with Crippen molar-refractivity contribution >= 4 is 17.5 Å². The Balaban J connectivity index is 1.88. The normalized spacial score (nSPS) is 10.3. The molecule has 0 bridgehead atoms. The summed E-state index contributed by atoms with van der Waals surface area (Å²) in [7, 11) is 0. The van der Waals surface area contributed by atoms with Crippen LogP contribution in [0.15, 0.2) is 48.5 Å². The van der Waals surface area contributed by atoms with Crippen molar-refractivity contribution in [3.8, 4) is 0 Å². The molecule has 0 unspecified atom stereocenters. The highest BCUT2D eigenvalue weighted by molar-refractivity contribution is 5.91. The molecule has 2 rings (SSSR count). The van der Waals surface area contributed by atoms with E-state index in [9.17, 15) is 9.59 Å². The van der Waals surface area contributed by atoms with Gasteiger partial charge in [-0.1, -0.05) is 47.5 Å². The summed E-state index contributed by atoms with van der Waals surface area (Å²) < 4.78 is 0. The van der Waals surface area contributed by atoms with E-state index in [0.717, 1.165) is 16.8 Å². The molecule has 4 heteroatoms. The van der Waals surface area contributed by atoms with Crippen molar-refractivity contribution < 1.29 is 9.59 Å². The Morgan fingerprint density at radius 3 is 2.00 bits per heavy atom. The number of carbonyl (C=O) groups is 2. The molecule has 2 aromatic carbocycles. The molecule has 4 nitrogen and oxygen atoms in total. The highest BCUT2D eigenvalue weighted by Crippen LogP contribution is 2.10. The van der Waals surface area contributed by atoms with E-state index in [1.54, 1.807) is 4.90 Å². The van der Waals surface area contributed by atoms with Crippen LogP contribution in [-0.4, -0.2) is 23.3 Å². The maximum absolute atomic E-state index is 12.1. The molecule has 0 aromatic heterocycles. The minimum absolute atomic E-state index is 0.0290. The fraction of sp³-hybridized carbons (Fsp3) is 0.300. The van der Waals surface area contributed by atoms with Gasteiger partial charge in [0.25, 0.3) is 0 Å². The maximum Gasteiger partial charge on any atom is 0.226 e. The molecule has 0 spiro atoms.